The Morgan fingerprint density at radius 2 is 2.29 bits per heavy atom. The molecule has 3 heteroatoms. The molecule has 0 aromatic rings. The maximum absolute atomic E-state index is 11.8. The van der Waals surface area contributed by atoms with Gasteiger partial charge in [-0.2, -0.15) is 0 Å². The van der Waals surface area contributed by atoms with Gasteiger partial charge in [-0.3, -0.25) is 4.79 Å². The lowest BCUT2D eigenvalue weighted by atomic mass is 9.99. The van der Waals surface area contributed by atoms with Gasteiger partial charge in [-0.25, -0.2) is 0 Å². The van der Waals surface area contributed by atoms with Gasteiger partial charge in [0.1, 0.15) is 0 Å². The lowest BCUT2D eigenvalue weighted by Gasteiger charge is -2.22. The van der Waals surface area contributed by atoms with E-state index in [1.54, 1.807) is 0 Å². The zero-order chi connectivity index (χ0) is 12.5. The highest BCUT2D eigenvalue weighted by atomic mass is 16.5. The minimum absolute atomic E-state index is 0.00662. The molecule has 1 aliphatic rings. The molecule has 0 aliphatic carbocycles. The summed E-state index contributed by atoms with van der Waals surface area (Å²) in [5.74, 6) is 0.648. The smallest absolute Gasteiger partial charge is 0.310 e. The van der Waals surface area contributed by atoms with Crippen LogP contribution in [0.3, 0.4) is 0 Å². The van der Waals surface area contributed by atoms with Gasteiger partial charge < -0.3 is 10.1 Å². The molecule has 17 heavy (non-hydrogen) atoms. The van der Waals surface area contributed by atoms with Crippen molar-refractivity contribution in [1.29, 1.82) is 0 Å². The van der Waals surface area contributed by atoms with Crippen molar-refractivity contribution in [2.75, 3.05) is 19.7 Å². The third-order valence-electron chi connectivity index (χ3n) is 3.63. The second-order valence-electron chi connectivity index (χ2n) is 5.09. The molecule has 1 N–H and O–H groups in total. The van der Waals surface area contributed by atoms with Gasteiger partial charge in [0.05, 0.1) is 12.5 Å². The van der Waals surface area contributed by atoms with Gasteiger partial charge >= 0.3 is 5.97 Å². The van der Waals surface area contributed by atoms with Gasteiger partial charge in [-0.05, 0) is 31.7 Å². The van der Waals surface area contributed by atoms with E-state index in [1.807, 2.05) is 0 Å². The number of esters is 1. The van der Waals surface area contributed by atoms with Gasteiger partial charge in [0, 0.05) is 6.54 Å². The second kappa shape index (κ2) is 8.51. The van der Waals surface area contributed by atoms with E-state index in [1.165, 1.54) is 19.3 Å². The third kappa shape index (κ3) is 5.53. The quantitative estimate of drug-likeness (QED) is 0.697. The lowest BCUT2D eigenvalue weighted by molar-refractivity contribution is -0.150. The first-order valence-electron chi connectivity index (χ1n) is 7.15. The molecule has 1 fully saturated rings. The van der Waals surface area contributed by atoms with Crippen LogP contribution in [0.5, 0.6) is 0 Å². The fraction of sp³-hybridized carbons (Fsp3) is 0.929. The van der Waals surface area contributed by atoms with Crippen LogP contribution in [0.15, 0.2) is 0 Å². The van der Waals surface area contributed by atoms with E-state index in [-0.39, 0.29) is 11.9 Å². The summed E-state index contributed by atoms with van der Waals surface area (Å²) in [6.45, 7) is 6.83. The van der Waals surface area contributed by atoms with E-state index in [4.69, 9.17) is 4.74 Å². The Kier molecular flexibility index (Phi) is 7.25. The number of unbranched alkanes of at least 4 members (excludes halogenated alkanes) is 1. The molecule has 1 heterocycles. The molecule has 1 rings (SSSR count). The number of ether oxygens (including phenoxy) is 1. The molecule has 0 bridgehead atoms. The van der Waals surface area contributed by atoms with Gasteiger partial charge in [0.15, 0.2) is 0 Å². The lowest BCUT2D eigenvalue weighted by Crippen LogP contribution is -2.35. The van der Waals surface area contributed by atoms with E-state index in [0.717, 1.165) is 32.4 Å². The fourth-order valence-electron chi connectivity index (χ4n) is 2.27. The molecule has 0 aromatic carbocycles. The molecule has 0 amide bonds. The van der Waals surface area contributed by atoms with E-state index in [2.05, 4.69) is 19.2 Å². The average Bonchev–Trinajstić information content (AvgIpc) is 2.39. The Hall–Kier alpha value is -0.570. The van der Waals surface area contributed by atoms with Crippen LogP contribution in [-0.4, -0.2) is 25.7 Å². The van der Waals surface area contributed by atoms with Crippen molar-refractivity contribution < 1.29 is 9.53 Å². The highest BCUT2D eigenvalue weighted by Gasteiger charge is 2.22. The van der Waals surface area contributed by atoms with Crippen LogP contribution in [0.2, 0.25) is 0 Å². The van der Waals surface area contributed by atoms with Crippen molar-refractivity contribution >= 4 is 5.97 Å². The van der Waals surface area contributed by atoms with E-state index >= 15 is 0 Å². The molecule has 1 saturated heterocycles. The van der Waals surface area contributed by atoms with Crippen molar-refractivity contribution in [2.45, 2.75) is 52.4 Å². The van der Waals surface area contributed by atoms with Gasteiger partial charge in [0.2, 0.25) is 0 Å². The number of hydrogen-bond acceptors (Lipinski definition) is 3. The van der Waals surface area contributed by atoms with Crippen molar-refractivity contribution in [3.63, 3.8) is 0 Å². The van der Waals surface area contributed by atoms with E-state index in [0.29, 0.717) is 12.5 Å². The molecule has 1 unspecified atom stereocenters. The normalized spacial score (nSPS) is 22.1. The molecule has 0 aromatic heterocycles. The van der Waals surface area contributed by atoms with Gasteiger partial charge in [0.25, 0.3) is 0 Å². The zero-order valence-electron chi connectivity index (χ0n) is 11.3. The molecule has 0 saturated carbocycles. The number of piperidine rings is 1. The predicted molar refractivity (Wildman–Crippen MR) is 69.9 cm³/mol. The fourth-order valence-corrected chi connectivity index (χ4v) is 2.27. The van der Waals surface area contributed by atoms with Crippen LogP contribution in [-0.2, 0) is 9.53 Å². The molecule has 100 valence electrons. The van der Waals surface area contributed by atoms with E-state index in [9.17, 15) is 4.79 Å². The number of carbonyl (C=O) groups excluding carboxylic acids is 1. The maximum Gasteiger partial charge on any atom is 0.310 e. The Morgan fingerprint density at radius 3 is 2.88 bits per heavy atom. The molecule has 0 spiro atoms. The van der Waals surface area contributed by atoms with Crippen LogP contribution in [0.4, 0.5) is 0 Å². The first-order valence-corrected chi connectivity index (χ1v) is 7.15. The molecule has 2 atom stereocenters. The summed E-state index contributed by atoms with van der Waals surface area (Å²) in [5, 5.41) is 3.25. The predicted octanol–water partition coefficient (Wildman–Crippen LogP) is 2.75. The summed E-state index contributed by atoms with van der Waals surface area (Å²) in [7, 11) is 0. The number of nitrogens with one attached hydrogen (secondary N) is 1. The molecule has 0 radical (unpaired) electrons. The van der Waals surface area contributed by atoms with Crippen molar-refractivity contribution in [3.8, 4) is 0 Å². The summed E-state index contributed by atoms with van der Waals surface area (Å²) in [6.07, 6.45) is 6.82. The SMILES string of the molecule is CCCCC(CC)COC(=O)[C@H]1CCCNC1. The zero-order valence-corrected chi connectivity index (χ0v) is 11.3. The molecular weight excluding hydrogens is 214 g/mol. The van der Waals surface area contributed by atoms with Crippen LogP contribution < -0.4 is 5.32 Å². The van der Waals surface area contributed by atoms with Gasteiger partial charge in [-0.1, -0.05) is 33.1 Å². The first-order chi connectivity index (χ1) is 8.27. The highest BCUT2D eigenvalue weighted by molar-refractivity contribution is 5.72. The van der Waals surface area contributed by atoms with Crippen LogP contribution in [0, 0.1) is 11.8 Å². The Labute approximate surface area is 105 Å². The Balaban J connectivity index is 2.20. The summed E-state index contributed by atoms with van der Waals surface area (Å²) >= 11 is 0. The standard InChI is InChI=1S/C14H27NO2/c1-3-5-7-12(4-2)11-17-14(16)13-8-6-9-15-10-13/h12-13,15H,3-11H2,1-2H3/t12?,13-/m0/s1. The van der Waals surface area contributed by atoms with Crippen LogP contribution >= 0.6 is 0 Å². The monoisotopic (exact) mass is 241 g/mol. The van der Waals surface area contributed by atoms with Crippen molar-refractivity contribution in [3.05, 3.63) is 0 Å². The molecule has 3 nitrogen and oxygen atoms in total. The highest BCUT2D eigenvalue weighted by Crippen LogP contribution is 2.16. The summed E-state index contributed by atoms with van der Waals surface area (Å²) in [5.41, 5.74) is 0. The van der Waals surface area contributed by atoms with Crippen molar-refractivity contribution in [2.24, 2.45) is 11.8 Å². The number of rotatable bonds is 7. The summed E-state index contributed by atoms with van der Waals surface area (Å²) in [4.78, 5) is 11.8. The number of carbonyl (C=O) groups is 1. The number of hydrogen-bond donors (Lipinski definition) is 1. The van der Waals surface area contributed by atoms with Crippen LogP contribution in [0.1, 0.15) is 52.4 Å². The Bertz CT molecular complexity index is 212. The third-order valence-corrected chi connectivity index (χ3v) is 3.63. The summed E-state index contributed by atoms with van der Waals surface area (Å²) < 4.78 is 5.45. The molecular formula is C14H27NO2. The largest absolute Gasteiger partial charge is 0.465 e. The maximum atomic E-state index is 11.8. The van der Waals surface area contributed by atoms with Crippen LogP contribution in [0.25, 0.3) is 0 Å². The van der Waals surface area contributed by atoms with Crippen molar-refractivity contribution in [1.82, 2.24) is 5.32 Å². The second-order valence-corrected chi connectivity index (χ2v) is 5.09. The minimum Gasteiger partial charge on any atom is -0.465 e. The Morgan fingerprint density at radius 1 is 1.47 bits per heavy atom. The minimum atomic E-state index is 0.00662. The average molecular weight is 241 g/mol. The van der Waals surface area contributed by atoms with Gasteiger partial charge in [-0.15, -0.1) is 0 Å². The first kappa shape index (κ1) is 14.5. The molecule has 1 aliphatic heterocycles. The van der Waals surface area contributed by atoms with E-state index < -0.39 is 0 Å². The topological polar surface area (TPSA) is 38.3 Å². The summed E-state index contributed by atoms with van der Waals surface area (Å²) in [6, 6.07) is 0.